The fourth-order valence-corrected chi connectivity index (χ4v) is 3.50. The largest absolute Gasteiger partial charge is 0.341 e. The highest BCUT2D eigenvalue weighted by Crippen LogP contribution is 2.33. The summed E-state index contributed by atoms with van der Waals surface area (Å²) in [6.45, 7) is 4.69. The van der Waals surface area contributed by atoms with E-state index in [1.54, 1.807) is 0 Å². The Bertz CT molecular complexity index is 472. The maximum absolute atomic E-state index is 12.5. The summed E-state index contributed by atoms with van der Waals surface area (Å²) in [6, 6.07) is 1.85. The van der Waals surface area contributed by atoms with Gasteiger partial charge in [-0.05, 0) is 38.2 Å². The van der Waals surface area contributed by atoms with Crippen LogP contribution in [0.3, 0.4) is 0 Å². The van der Waals surface area contributed by atoms with Gasteiger partial charge in [0.25, 0.3) is 5.91 Å². The molecule has 1 aliphatic carbocycles. The Morgan fingerprint density at radius 1 is 1.47 bits per heavy atom. The smallest absolute Gasteiger partial charge is 0.255 e. The second-order valence-corrected chi connectivity index (χ2v) is 6.61. The monoisotopic (exact) mass is 325 g/mol. The van der Waals surface area contributed by atoms with Crippen molar-refractivity contribution < 1.29 is 4.79 Å². The van der Waals surface area contributed by atoms with Crippen molar-refractivity contribution >= 4 is 21.8 Å². The zero-order valence-corrected chi connectivity index (χ0v) is 13.3. The van der Waals surface area contributed by atoms with Crippen LogP contribution in [0.15, 0.2) is 6.07 Å². The lowest BCUT2D eigenvalue weighted by Gasteiger charge is -2.34. The van der Waals surface area contributed by atoms with Crippen molar-refractivity contribution in [3.63, 3.8) is 0 Å². The number of amides is 1. The van der Waals surface area contributed by atoms with Gasteiger partial charge in [0.15, 0.2) is 0 Å². The van der Waals surface area contributed by atoms with Crippen molar-refractivity contribution in [3.05, 3.63) is 23.0 Å². The van der Waals surface area contributed by atoms with Crippen LogP contribution in [-0.4, -0.2) is 39.4 Å². The van der Waals surface area contributed by atoms with Gasteiger partial charge in [0, 0.05) is 18.4 Å². The third-order valence-corrected chi connectivity index (χ3v) is 4.36. The minimum atomic E-state index is 0.0628. The van der Waals surface area contributed by atoms with Gasteiger partial charge < -0.3 is 4.90 Å². The van der Waals surface area contributed by atoms with Crippen LogP contribution in [0.1, 0.15) is 41.5 Å². The molecule has 0 saturated heterocycles. The Labute approximate surface area is 122 Å². The van der Waals surface area contributed by atoms with Gasteiger partial charge in [0.2, 0.25) is 0 Å². The summed E-state index contributed by atoms with van der Waals surface area (Å²) in [5, 5.41) is 8.14. The summed E-state index contributed by atoms with van der Waals surface area (Å²) < 4.78 is 0. The zero-order chi connectivity index (χ0) is 14.0. The molecule has 0 aliphatic heterocycles. The standard InChI is InChI=1S/C14H20BrN3O/c1-4-13-12(5-9(2)16-17-13)14(19)18(3)8-10-6-11(15)7-10/h5,10-11H,4,6-8H2,1-3H3. The molecular formula is C14H20BrN3O. The fourth-order valence-electron chi connectivity index (χ4n) is 2.44. The molecule has 1 fully saturated rings. The number of rotatable bonds is 4. The van der Waals surface area contributed by atoms with Crippen LogP contribution in [0.2, 0.25) is 0 Å². The number of carbonyl (C=O) groups is 1. The highest BCUT2D eigenvalue weighted by atomic mass is 79.9. The van der Waals surface area contributed by atoms with Crippen LogP contribution in [0.5, 0.6) is 0 Å². The molecule has 0 spiro atoms. The molecular weight excluding hydrogens is 306 g/mol. The maximum Gasteiger partial charge on any atom is 0.255 e. The predicted molar refractivity (Wildman–Crippen MR) is 78.5 cm³/mol. The number of aromatic nitrogens is 2. The van der Waals surface area contributed by atoms with E-state index >= 15 is 0 Å². The second-order valence-electron chi connectivity index (χ2n) is 5.32. The summed E-state index contributed by atoms with van der Waals surface area (Å²) in [5.41, 5.74) is 2.28. The van der Waals surface area contributed by atoms with E-state index in [0.717, 1.165) is 37.2 Å². The van der Waals surface area contributed by atoms with Crippen molar-refractivity contribution in [2.24, 2.45) is 5.92 Å². The molecule has 4 nitrogen and oxygen atoms in total. The van der Waals surface area contributed by atoms with Gasteiger partial charge in [-0.3, -0.25) is 4.79 Å². The van der Waals surface area contributed by atoms with Crippen LogP contribution in [0, 0.1) is 12.8 Å². The zero-order valence-electron chi connectivity index (χ0n) is 11.7. The van der Waals surface area contributed by atoms with Crippen molar-refractivity contribution in [2.75, 3.05) is 13.6 Å². The number of alkyl halides is 1. The molecule has 5 heteroatoms. The molecule has 19 heavy (non-hydrogen) atoms. The molecule has 0 radical (unpaired) electrons. The first-order valence-corrected chi connectivity index (χ1v) is 7.65. The van der Waals surface area contributed by atoms with Crippen molar-refractivity contribution in [1.29, 1.82) is 0 Å². The lowest BCUT2D eigenvalue weighted by molar-refractivity contribution is 0.0746. The van der Waals surface area contributed by atoms with Crippen molar-refractivity contribution in [2.45, 2.75) is 37.9 Å². The average molecular weight is 326 g/mol. The lowest BCUT2D eigenvalue weighted by Crippen LogP contribution is -2.38. The van der Waals surface area contributed by atoms with Crippen molar-refractivity contribution in [1.82, 2.24) is 15.1 Å². The highest BCUT2D eigenvalue weighted by Gasteiger charge is 2.29. The fraction of sp³-hybridized carbons (Fsp3) is 0.643. The minimum absolute atomic E-state index is 0.0628. The van der Waals surface area contributed by atoms with Crippen LogP contribution in [-0.2, 0) is 6.42 Å². The molecule has 0 aromatic carbocycles. The molecule has 0 N–H and O–H groups in total. The number of hydrogen-bond acceptors (Lipinski definition) is 3. The minimum Gasteiger partial charge on any atom is -0.341 e. The summed E-state index contributed by atoms with van der Waals surface area (Å²) in [4.78, 5) is 14.9. The number of halogens is 1. The first kappa shape index (κ1) is 14.4. The molecule has 2 rings (SSSR count). The Morgan fingerprint density at radius 2 is 2.16 bits per heavy atom. The highest BCUT2D eigenvalue weighted by molar-refractivity contribution is 9.09. The third kappa shape index (κ3) is 3.32. The van der Waals surface area contributed by atoms with Gasteiger partial charge in [-0.25, -0.2) is 0 Å². The summed E-state index contributed by atoms with van der Waals surface area (Å²) in [6.07, 6.45) is 3.05. The summed E-state index contributed by atoms with van der Waals surface area (Å²) in [5.74, 6) is 0.687. The average Bonchev–Trinajstić information content (AvgIpc) is 2.35. The SMILES string of the molecule is CCc1nnc(C)cc1C(=O)N(C)CC1CC(Br)C1. The van der Waals surface area contributed by atoms with Gasteiger partial charge in [-0.15, -0.1) is 0 Å². The number of nitrogens with zero attached hydrogens (tertiary/aromatic N) is 3. The number of carbonyl (C=O) groups excluding carboxylic acids is 1. The van der Waals surface area contributed by atoms with Gasteiger partial charge >= 0.3 is 0 Å². The Balaban J connectivity index is 2.07. The summed E-state index contributed by atoms with van der Waals surface area (Å²) in [7, 11) is 1.87. The topological polar surface area (TPSA) is 46.1 Å². The molecule has 1 aliphatic rings. The molecule has 104 valence electrons. The number of aryl methyl sites for hydroxylation is 2. The molecule has 1 heterocycles. The normalized spacial score (nSPS) is 21.9. The Morgan fingerprint density at radius 3 is 2.74 bits per heavy atom. The van der Waals surface area contributed by atoms with Crippen LogP contribution < -0.4 is 0 Å². The molecule has 1 amide bonds. The van der Waals surface area contributed by atoms with E-state index in [9.17, 15) is 4.79 Å². The number of hydrogen-bond donors (Lipinski definition) is 0. The lowest BCUT2D eigenvalue weighted by atomic mass is 9.85. The van der Waals surface area contributed by atoms with E-state index in [2.05, 4.69) is 26.1 Å². The van der Waals surface area contributed by atoms with Gasteiger partial charge in [-0.2, -0.15) is 10.2 Å². The van der Waals surface area contributed by atoms with Crippen LogP contribution in [0.25, 0.3) is 0 Å². The van der Waals surface area contributed by atoms with E-state index < -0.39 is 0 Å². The third-order valence-electron chi connectivity index (χ3n) is 3.61. The first-order valence-electron chi connectivity index (χ1n) is 6.74. The van der Waals surface area contributed by atoms with E-state index in [4.69, 9.17) is 0 Å². The van der Waals surface area contributed by atoms with E-state index in [1.165, 1.54) is 0 Å². The Hall–Kier alpha value is -0.970. The first-order chi connectivity index (χ1) is 9.01. The van der Waals surface area contributed by atoms with E-state index in [0.29, 0.717) is 16.3 Å². The predicted octanol–water partition coefficient (Wildman–Crippen LogP) is 2.59. The molecule has 1 aromatic heterocycles. The quantitative estimate of drug-likeness (QED) is 0.799. The summed E-state index contributed by atoms with van der Waals surface area (Å²) >= 11 is 3.58. The van der Waals surface area contributed by atoms with Gasteiger partial charge in [-0.1, -0.05) is 22.9 Å². The molecule has 0 atom stereocenters. The van der Waals surface area contributed by atoms with E-state index in [1.807, 2.05) is 31.9 Å². The van der Waals surface area contributed by atoms with Gasteiger partial charge in [0.1, 0.15) is 0 Å². The molecule has 0 bridgehead atoms. The van der Waals surface area contributed by atoms with Gasteiger partial charge in [0.05, 0.1) is 17.0 Å². The maximum atomic E-state index is 12.5. The molecule has 1 saturated carbocycles. The van der Waals surface area contributed by atoms with E-state index in [-0.39, 0.29) is 5.91 Å². The second kappa shape index (κ2) is 5.99. The molecule has 0 unspecified atom stereocenters. The van der Waals surface area contributed by atoms with Crippen molar-refractivity contribution in [3.8, 4) is 0 Å². The van der Waals surface area contributed by atoms with Crippen LogP contribution in [0.4, 0.5) is 0 Å². The molecule has 1 aromatic rings. The Kier molecular flexibility index (Phi) is 4.55. The van der Waals surface area contributed by atoms with Crippen LogP contribution >= 0.6 is 15.9 Å².